The van der Waals surface area contributed by atoms with Gasteiger partial charge in [0.1, 0.15) is 6.04 Å². The highest BCUT2D eigenvalue weighted by molar-refractivity contribution is 5.93. The molecule has 0 bridgehead atoms. The normalized spacial score (nSPS) is 16.6. The number of fused-ring (bicyclic) bond motifs is 2. The number of para-hydroxylation sites is 1. The minimum atomic E-state index is -4.80. The van der Waals surface area contributed by atoms with Gasteiger partial charge in [0, 0.05) is 24.0 Å². The number of amides is 1. The summed E-state index contributed by atoms with van der Waals surface area (Å²) in [6, 6.07) is 10.3. The lowest BCUT2D eigenvalue weighted by molar-refractivity contribution is -0.141. The molecule has 4 heterocycles. The molecule has 0 aliphatic carbocycles. The lowest BCUT2D eigenvalue weighted by Crippen LogP contribution is -2.41. The van der Waals surface area contributed by atoms with Gasteiger partial charge >= 0.3 is 6.18 Å². The topological polar surface area (TPSA) is 87.9 Å². The molecular weight excluding hydrogens is 399 g/mol. The molecule has 0 spiro atoms. The number of oxazole rings is 1. The number of halogens is 3. The number of hydrogen-bond donors (Lipinski definition) is 1. The molecule has 0 saturated carbocycles. The lowest BCUT2D eigenvalue weighted by Gasteiger charge is -2.34. The number of aromatic amines is 1. The Morgan fingerprint density at radius 2 is 2.00 bits per heavy atom. The Morgan fingerprint density at radius 3 is 2.83 bits per heavy atom. The number of carbonyl (C=O) groups excluding carboxylic acids is 1. The Balaban J connectivity index is 1.62. The van der Waals surface area contributed by atoms with Gasteiger partial charge in [0.15, 0.2) is 12.1 Å². The molecule has 1 atom stereocenters. The van der Waals surface area contributed by atoms with Crippen molar-refractivity contribution >= 4 is 16.8 Å². The van der Waals surface area contributed by atoms with E-state index >= 15 is 0 Å². The summed E-state index contributed by atoms with van der Waals surface area (Å²) in [5, 5.41) is 0.909. The van der Waals surface area contributed by atoms with Crippen LogP contribution in [-0.2, 0) is 12.6 Å². The summed E-state index contributed by atoms with van der Waals surface area (Å²) >= 11 is 0. The van der Waals surface area contributed by atoms with Crippen LogP contribution in [0.4, 0.5) is 13.2 Å². The van der Waals surface area contributed by atoms with E-state index < -0.39 is 29.6 Å². The van der Waals surface area contributed by atoms with Gasteiger partial charge in [-0.1, -0.05) is 24.3 Å². The van der Waals surface area contributed by atoms with Crippen LogP contribution < -0.4 is 0 Å². The predicted molar refractivity (Wildman–Crippen MR) is 98.4 cm³/mol. The first kappa shape index (κ1) is 18.3. The third-order valence-electron chi connectivity index (χ3n) is 5.12. The van der Waals surface area contributed by atoms with E-state index in [2.05, 4.69) is 19.9 Å². The second-order valence-corrected chi connectivity index (χ2v) is 6.87. The van der Waals surface area contributed by atoms with Gasteiger partial charge in [0.25, 0.3) is 5.91 Å². The molecular formula is C20H14F3N5O2. The zero-order chi connectivity index (χ0) is 20.9. The van der Waals surface area contributed by atoms with Crippen LogP contribution in [0.1, 0.15) is 39.4 Å². The summed E-state index contributed by atoms with van der Waals surface area (Å²) in [6.45, 7) is 0.172. The number of alkyl halides is 3. The minimum Gasteiger partial charge on any atom is -0.438 e. The molecule has 3 aromatic heterocycles. The third kappa shape index (κ3) is 2.92. The molecule has 0 fully saturated rings. The SMILES string of the molecule is O=C(c1ocnc1C(F)(F)F)N1CCc2[nH]cnc2[C@H]1c1ccc2ccccc2n1. The highest BCUT2D eigenvalue weighted by atomic mass is 19.4. The van der Waals surface area contributed by atoms with E-state index in [1.807, 2.05) is 30.3 Å². The van der Waals surface area contributed by atoms with E-state index in [1.54, 1.807) is 6.07 Å². The van der Waals surface area contributed by atoms with Crippen LogP contribution in [0.3, 0.4) is 0 Å². The van der Waals surface area contributed by atoms with E-state index in [1.165, 1.54) is 11.2 Å². The van der Waals surface area contributed by atoms with Gasteiger partial charge in [-0.05, 0) is 12.1 Å². The Kier molecular flexibility index (Phi) is 4.09. The lowest BCUT2D eigenvalue weighted by atomic mass is 9.98. The average molecular weight is 413 g/mol. The second kappa shape index (κ2) is 6.68. The van der Waals surface area contributed by atoms with Crippen LogP contribution in [0.25, 0.3) is 10.9 Å². The Bertz CT molecular complexity index is 1250. The Morgan fingerprint density at radius 1 is 1.17 bits per heavy atom. The quantitative estimate of drug-likeness (QED) is 0.541. The third-order valence-corrected chi connectivity index (χ3v) is 5.12. The fourth-order valence-electron chi connectivity index (χ4n) is 3.76. The van der Waals surface area contributed by atoms with E-state index in [0.29, 0.717) is 29.7 Å². The van der Waals surface area contributed by atoms with Crippen molar-refractivity contribution in [3.05, 3.63) is 77.7 Å². The average Bonchev–Trinajstić information content (AvgIpc) is 3.41. The summed E-state index contributed by atoms with van der Waals surface area (Å²) in [5.41, 5.74) is 1.23. The first-order valence-electron chi connectivity index (χ1n) is 9.13. The first-order valence-corrected chi connectivity index (χ1v) is 9.13. The summed E-state index contributed by atoms with van der Waals surface area (Å²) < 4.78 is 44.7. The molecule has 1 aliphatic rings. The van der Waals surface area contributed by atoms with Gasteiger partial charge in [0.2, 0.25) is 5.76 Å². The minimum absolute atomic E-state index is 0.172. The van der Waals surface area contributed by atoms with Crippen LogP contribution in [0, 0.1) is 0 Å². The second-order valence-electron chi connectivity index (χ2n) is 6.87. The van der Waals surface area contributed by atoms with Crippen molar-refractivity contribution in [1.82, 2.24) is 24.8 Å². The molecule has 152 valence electrons. The van der Waals surface area contributed by atoms with Crippen molar-refractivity contribution in [2.24, 2.45) is 0 Å². The molecule has 5 rings (SSSR count). The van der Waals surface area contributed by atoms with Crippen LogP contribution >= 0.6 is 0 Å². The van der Waals surface area contributed by atoms with Crippen LogP contribution in [-0.4, -0.2) is 37.3 Å². The number of H-pyrrole nitrogens is 1. The number of nitrogens with one attached hydrogen (secondary N) is 1. The Hall–Kier alpha value is -3.69. The largest absolute Gasteiger partial charge is 0.438 e. The van der Waals surface area contributed by atoms with Crippen molar-refractivity contribution in [2.45, 2.75) is 18.6 Å². The van der Waals surface area contributed by atoms with Gasteiger partial charge in [-0.2, -0.15) is 13.2 Å². The van der Waals surface area contributed by atoms with Crippen molar-refractivity contribution in [1.29, 1.82) is 0 Å². The number of aromatic nitrogens is 4. The van der Waals surface area contributed by atoms with Crippen molar-refractivity contribution in [3.63, 3.8) is 0 Å². The predicted octanol–water partition coefficient (Wildman–Crippen LogP) is 3.75. The molecule has 1 N–H and O–H groups in total. The van der Waals surface area contributed by atoms with Gasteiger partial charge in [-0.15, -0.1) is 0 Å². The molecule has 1 amide bonds. The molecule has 1 aliphatic heterocycles. The number of hydrogen-bond acceptors (Lipinski definition) is 5. The number of rotatable bonds is 2. The van der Waals surface area contributed by atoms with Crippen LogP contribution in [0.15, 0.2) is 53.5 Å². The summed E-state index contributed by atoms with van der Waals surface area (Å²) in [6.07, 6.45) is -2.26. The van der Waals surface area contributed by atoms with Crippen molar-refractivity contribution in [2.75, 3.05) is 6.54 Å². The fraction of sp³-hybridized carbons (Fsp3) is 0.200. The molecule has 0 radical (unpaired) electrons. The highest BCUT2D eigenvalue weighted by Crippen LogP contribution is 2.37. The number of nitrogens with zero attached hydrogens (tertiary/aromatic N) is 4. The summed E-state index contributed by atoms with van der Waals surface area (Å²) in [7, 11) is 0. The van der Waals surface area contributed by atoms with Gasteiger partial charge < -0.3 is 14.3 Å². The molecule has 1 aromatic carbocycles. The maximum Gasteiger partial charge on any atom is 0.437 e. The van der Waals surface area contributed by atoms with E-state index in [4.69, 9.17) is 4.42 Å². The standard InChI is InChI=1S/C20H14F3N5O2/c21-20(22,23)18-17(30-10-26-18)19(29)28-8-7-13-15(25-9-24-13)16(28)14-6-5-11-3-1-2-4-12(11)27-14/h1-6,9-10,16H,7-8H2,(H,24,25)/t16-/m1/s1. The fourth-order valence-corrected chi connectivity index (χ4v) is 3.76. The molecule has 30 heavy (non-hydrogen) atoms. The molecule has 0 saturated heterocycles. The Labute approximate surface area is 167 Å². The maximum atomic E-state index is 13.3. The van der Waals surface area contributed by atoms with Crippen molar-refractivity contribution in [3.8, 4) is 0 Å². The summed E-state index contributed by atoms with van der Waals surface area (Å²) in [4.78, 5) is 29.6. The zero-order valence-electron chi connectivity index (χ0n) is 15.3. The zero-order valence-corrected chi connectivity index (χ0v) is 15.3. The molecule has 4 aromatic rings. The first-order chi connectivity index (χ1) is 14.4. The van der Waals surface area contributed by atoms with Gasteiger partial charge in [-0.25, -0.2) is 9.97 Å². The number of imidazole rings is 1. The van der Waals surface area contributed by atoms with Gasteiger partial charge in [-0.3, -0.25) is 9.78 Å². The number of pyridine rings is 1. The summed E-state index contributed by atoms with van der Waals surface area (Å²) in [5.74, 6) is -1.75. The molecule has 0 unspecified atom stereocenters. The number of benzene rings is 1. The van der Waals surface area contributed by atoms with E-state index in [0.717, 1.165) is 11.1 Å². The monoisotopic (exact) mass is 413 g/mol. The maximum absolute atomic E-state index is 13.3. The highest BCUT2D eigenvalue weighted by Gasteiger charge is 2.43. The molecule has 10 heteroatoms. The number of carbonyl (C=O) groups is 1. The van der Waals surface area contributed by atoms with Crippen molar-refractivity contribution < 1.29 is 22.4 Å². The van der Waals surface area contributed by atoms with Crippen LogP contribution in [0.2, 0.25) is 0 Å². The van der Waals surface area contributed by atoms with E-state index in [-0.39, 0.29) is 6.54 Å². The van der Waals surface area contributed by atoms with Gasteiger partial charge in [0.05, 0.1) is 23.2 Å². The van der Waals surface area contributed by atoms with E-state index in [9.17, 15) is 18.0 Å². The smallest absolute Gasteiger partial charge is 0.437 e. The molecule has 7 nitrogen and oxygen atoms in total. The van der Waals surface area contributed by atoms with Crippen LogP contribution in [0.5, 0.6) is 0 Å².